The van der Waals surface area contributed by atoms with Crippen molar-refractivity contribution >= 4 is 5.97 Å². The molecular formula is C16H33N3O2. The van der Waals surface area contributed by atoms with E-state index in [-0.39, 0.29) is 5.97 Å². The van der Waals surface area contributed by atoms with Crippen LogP contribution < -0.4 is 5.73 Å². The molecule has 1 fully saturated rings. The maximum absolute atomic E-state index is 11.5. The number of esters is 1. The highest BCUT2D eigenvalue weighted by molar-refractivity contribution is 5.79. The van der Waals surface area contributed by atoms with Crippen molar-refractivity contribution in [2.45, 2.75) is 44.6 Å². The average molecular weight is 299 g/mol. The van der Waals surface area contributed by atoms with E-state index < -0.39 is 5.54 Å². The van der Waals surface area contributed by atoms with Crippen molar-refractivity contribution in [3.8, 4) is 0 Å². The lowest BCUT2D eigenvalue weighted by molar-refractivity contribution is -0.146. The fraction of sp³-hybridized carbons (Fsp3) is 0.938. The van der Waals surface area contributed by atoms with Crippen molar-refractivity contribution in [2.24, 2.45) is 11.7 Å². The Morgan fingerprint density at radius 3 is 2.48 bits per heavy atom. The van der Waals surface area contributed by atoms with E-state index in [1.807, 2.05) is 0 Å². The molecule has 0 aromatic carbocycles. The Kier molecular flexibility index (Phi) is 7.63. The van der Waals surface area contributed by atoms with Crippen molar-refractivity contribution < 1.29 is 9.53 Å². The summed E-state index contributed by atoms with van der Waals surface area (Å²) in [6.07, 6.45) is 5.36. The summed E-state index contributed by atoms with van der Waals surface area (Å²) in [7, 11) is 5.69. The Morgan fingerprint density at radius 2 is 1.95 bits per heavy atom. The molecule has 1 aliphatic heterocycles. The van der Waals surface area contributed by atoms with Gasteiger partial charge in [-0.25, -0.2) is 0 Å². The molecule has 5 nitrogen and oxygen atoms in total. The van der Waals surface area contributed by atoms with Crippen LogP contribution in [0.15, 0.2) is 0 Å². The minimum absolute atomic E-state index is 0.313. The monoisotopic (exact) mass is 299 g/mol. The van der Waals surface area contributed by atoms with Gasteiger partial charge in [-0.1, -0.05) is 0 Å². The van der Waals surface area contributed by atoms with Crippen molar-refractivity contribution in [1.82, 2.24) is 9.80 Å². The molecule has 5 heteroatoms. The predicted octanol–water partition coefficient (Wildman–Crippen LogP) is 1.32. The molecule has 1 heterocycles. The van der Waals surface area contributed by atoms with Crippen LogP contribution in [0.2, 0.25) is 0 Å². The van der Waals surface area contributed by atoms with Crippen LogP contribution in [0.25, 0.3) is 0 Å². The van der Waals surface area contributed by atoms with Crippen LogP contribution >= 0.6 is 0 Å². The first-order valence-corrected chi connectivity index (χ1v) is 8.09. The molecule has 1 unspecified atom stereocenters. The zero-order valence-corrected chi connectivity index (χ0v) is 14.2. The van der Waals surface area contributed by atoms with Crippen LogP contribution in [0, 0.1) is 5.92 Å². The molecule has 2 N–H and O–H groups in total. The van der Waals surface area contributed by atoms with Crippen LogP contribution in [0.4, 0.5) is 0 Å². The highest BCUT2D eigenvalue weighted by Crippen LogP contribution is 2.19. The maximum Gasteiger partial charge on any atom is 0.325 e. The average Bonchev–Trinajstić information content (AvgIpc) is 2.43. The predicted molar refractivity (Wildman–Crippen MR) is 86.2 cm³/mol. The standard InChI is InChI=1S/C16H33N3O2/c1-16(17,15(20)21-4)9-5-6-10-19-11-7-14(8-12-19)13-18(2)3/h14H,5-13,17H2,1-4H3. The third kappa shape index (κ3) is 6.76. The minimum Gasteiger partial charge on any atom is -0.468 e. The lowest BCUT2D eigenvalue weighted by Gasteiger charge is -2.33. The van der Waals surface area contributed by atoms with E-state index in [0.717, 1.165) is 25.3 Å². The normalized spacial score (nSPS) is 20.5. The summed E-state index contributed by atoms with van der Waals surface area (Å²) in [6.45, 7) is 6.49. The third-order valence-corrected chi connectivity index (χ3v) is 4.40. The Balaban J connectivity index is 2.13. The van der Waals surface area contributed by atoms with E-state index in [2.05, 4.69) is 23.9 Å². The number of nitrogens with zero attached hydrogens (tertiary/aromatic N) is 2. The summed E-state index contributed by atoms with van der Waals surface area (Å²) in [5.41, 5.74) is 5.12. The van der Waals surface area contributed by atoms with Gasteiger partial charge in [0, 0.05) is 6.54 Å². The zero-order chi connectivity index (χ0) is 15.9. The molecule has 0 radical (unpaired) electrons. The summed E-state index contributed by atoms with van der Waals surface area (Å²) >= 11 is 0. The van der Waals surface area contributed by atoms with Crippen LogP contribution in [0.3, 0.4) is 0 Å². The number of piperidine rings is 1. The van der Waals surface area contributed by atoms with Crippen molar-refractivity contribution in [3.63, 3.8) is 0 Å². The van der Waals surface area contributed by atoms with E-state index in [1.165, 1.54) is 39.6 Å². The fourth-order valence-electron chi connectivity index (χ4n) is 3.07. The van der Waals surface area contributed by atoms with Gasteiger partial charge in [0.2, 0.25) is 0 Å². The Hall–Kier alpha value is -0.650. The smallest absolute Gasteiger partial charge is 0.325 e. The fourth-order valence-corrected chi connectivity index (χ4v) is 3.07. The second-order valence-electron chi connectivity index (χ2n) is 6.91. The number of hydrogen-bond donors (Lipinski definition) is 1. The van der Waals surface area contributed by atoms with Crippen LogP contribution in [-0.4, -0.2) is 68.7 Å². The molecule has 0 spiro atoms. The van der Waals surface area contributed by atoms with Crippen molar-refractivity contribution in [1.29, 1.82) is 0 Å². The molecule has 1 atom stereocenters. The van der Waals surface area contributed by atoms with Crippen LogP contribution in [0.5, 0.6) is 0 Å². The molecule has 0 amide bonds. The van der Waals surface area contributed by atoms with Crippen molar-refractivity contribution in [3.05, 3.63) is 0 Å². The minimum atomic E-state index is -0.840. The molecule has 1 aliphatic rings. The molecular weight excluding hydrogens is 266 g/mol. The van der Waals surface area contributed by atoms with E-state index in [0.29, 0.717) is 6.42 Å². The van der Waals surface area contributed by atoms with Gasteiger partial charge in [0.1, 0.15) is 5.54 Å². The van der Waals surface area contributed by atoms with Gasteiger partial charge in [0.25, 0.3) is 0 Å². The van der Waals surface area contributed by atoms with E-state index in [9.17, 15) is 4.79 Å². The van der Waals surface area contributed by atoms with Crippen LogP contribution in [0.1, 0.15) is 39.0 Å². The number of nitrogens with two attached hydrogens (primary N) is 1. The maximum atomic E-state index is 11.5. The molecule has 0 aromatic rings. The number of carbonyl (C=O) groups excluding carboxylic acids is 1. The summed E-state index contributed by atoms with van der Waals surface area (Å²) in [5, 5.41) is 0. The largest absolute Gasteiger partial charge is 0.468 e. The second kappa shape index (κ2) is 8.71. The molecule has 0 aliphatic carbocycles. The number of likely N-dealkylation sites (tertiary alicyclic amines) is 1. The van der Waals surface area contributed by atoms with Gasteiger partial charge in [-0.3, -0.25) is 4.79 Å². The lowest BCUT2D eigenvalue weighted by atomic mass is 9.95. The number of ether oxygens (including phenoxy) is 1. The quantitative estimate of drug-likeness (QED) is 0.541. The van der Waals surface area contributed by atoms with Crippen molar-refractivity contribution in [2.75, 3.05) is 47.4 Å². The molecule has 0 aromatic heterocycles. The van der Waals surface area contributed by atoms with Crippen LogP contribution in [-0.2, 0) is 9.53 Å². The molecule has 0 bridgehead atoms. The molecule has 124 valence electrons. The molecule has 1 saturated heterocycles. The zero-order valence-electron chi connectivity index (χ0n) is 14.2. The van der Waals surface area contributed by atoms with E-state index in [1.54, 1.807) is 6.92 Å². The SMILES string of the molecule is COC(=O)C(C)(N)CCCCN1CCC(CN(C)C)CC1. The lowest BCUT2D eigenvalue weighted by Crippen LogP contribution is -2.45. The summed E-state index contributed by atoms with van der Waals surface area (Å²) in [6, 6.07) is 0. The number of methoxy groups -OCH3 is 1. The number of unbranched alkanes of at least 4 members (excludes halogenated alkanes) is 1. The Morgan fingerprint density at radius 1 is 1.33 bits per heavy atom. The highest BCUT2D eigenvalue weighted by Gasteiger charge is 2.28. The third-order valence-electron chi connectivity index (χ3n) is 4.40. The number of rotatable bonds is 8. The van der Waals surface area contributed by atoms with E-state index in [4.69, 9.17) is 10.5 Å². The van der Waals surface area contributed by atoms with Gasteiger partial charge in [-0.15, -0.1) is 0 Å². The first-order valence-electron chi connectivity index (χ1n) is 8.09. The Bertz CT molecular complexity index is 311. The van der Waals surface area contributed by atoms with Gasteiger partial charge in [0.05, 0.1) is 7.11 Å². The molecule has 1 rings (SSSR count). The van der Waals surface area contributed by atoms with Gasteiger partial charge in [-0.05, 0) is 78.7 Å². The first kappa shape index (κ1) is 18.4. The second-order valence-corrected chi connectivity index (χ2v) is 6.91. The van der Waals surface area contributed by atoms with Gasteiger partial charge in [0.15, 0.2) is 0 Å². The number of carbonyl (C=O) groups is 1. The summed E-state index contributed by atoms with van der Waals surface area (Å²) in [5.74, 6) is 0.537. The number of hydrogen-bond acceptors (Lipinski definition) is 5. The summed E-state index contributed by atoms with van der Waals surface area (Å²) in [4.78, 5) is 16.3. The Labute approximate surface area is 129 Å². The highest BCUT2D eigenvalue weighted by atomic mass is 16.5. The first-order chi connectivity index (χ1) is 9.85. The van der Waals surface area contributed by atoms with Gasteiger partial charge in [-0.2, -0.15) is 0 Å². The van der Waals surface area contributed by atoms with Gasteiger partial charge < -0.3 is 20.3 Å². The summed E-state index contributed by atoms with van der Waals surface area (Å²) < 4.78 is 4.73. The van der Waals surface area contributed by atoms with Gasteiger partial charge >= 0.3 is 5.97 Å². The topological polar surface area (TPSA) is 58.8 Å². The molecule has 21 heavy (non-hydrogen) atoms. The molecule has 0 saturated carbocycles. The van der Waals surface area contributed by atoms with E-state index >= 15 is 0 Å².